The Morgan fingerprint density at radius 2 is 1.96 bits per heavy atom. The first-order valence-corrected chi connectivity index (χ1v) is 6.94. The summed E-state index contributed by atoms with van der Waals surface area (Å²) in [5.41, 5.74) is 2.33. The van der Waals surface area contributed by atoms with Gasteiger partial charge in [-0.2, -0.15) is 0 Å². The highest BCUT2D eigenvalue weighted by atomic mass is 16.5. The van der Waals surface area contributed by atoms with Crippen molar-refractivity contribution < 1.29 is 18.7 Å². The second kappa shape index (κ2) is 5.92. The molecule has 0 saturated carbocycles. The lowest BCUT2D eigenvalue weighted by Crippen LogP contribution is -2.15. The Bertz CT molecular complexity index is 898. The van der Waals surface area contributed by atoms with Crippen LogP contribution in [0.5, 0.6) is 0 Å². The van der Waals surface area contributed by atoms with Gasteiger partial charge in [-0.15, -0.1) is 0 Å². The Morgan fingerprint density at radius 1 is 1.17 bits per heavy atom. The smallest absolute Gasteiger partial charge is 0.339 e. The molecule has 0 radical (unpaired) electrons. The molecule has 1 aromatic heterocycles. The number of ether oxygens (including phenoxy) is 1. The first kappa shape index (κ1) is 14.8. The van der Waals surface area contributed by atoms with E-state index in [4.69, 9.17) is 9.15 Å². The third-order valence-corrected chi connectivity index (χ3v) is 3.34. The van der Waals surface area contributed by atoms with Crippen LogP contribution in [0.15, 0.2) is 46.9 Å². The van der Waals surface area contributed by atoms with Crippen molar-refractivity contribution >= 4 is 28.7 Å². The third kappa shape index (κ3) is 2.91. The highest BCUT2D eigenvalue weighted by Gasteiger charge is 2.15. The van der Waals surface area contributed by atoms with Crippen molar-refractivity contribution in [1.82, 2.24) is 4.98 Å². The summed E-state index contributed by atoms with van der Waals surface area (Å²) in [7, 11) is 1.29. The Labute approximate surface area is 132 Å². The Morgan fingerprint density at radius 3 is 2.74 bits per heavy atom. The second-order valence-corrected chi connectivity index (χ2v) is 4.91. The molecule has 0 fully saturated rings. The normalized spacial score (nSPS) is 10.5. The summed E-state index contributed by atoms with van der Waals surface area (Å²) in [6, 6.07) is 11.6. The van der Waals surface area contributed by atoms with Crippen molar-refractivity contribution in [3.8, 4) is 0 Å². The van der Waals surface area contributed by atoms with Gasteiger partial charge in [0.1, 0.15) is 5.52 Å². The van der Waals surface area contributed by atoms with E-state index in [0.717, 1.165) is 0 Å². The van der Waals surface area contributed by atoms with Crippen molar-refractivity contribution in [3.63, 3.8) is 0 Å². The number of amides is 1. The molecule has 3 aromatic rings. The summed E-state index contributed by atoms with van der Waals surface area (Å²) in [6.07, 6.45) is 0. The number of nitrogens with zero attached hydrogens (tertiary/aromatic N) is 1. The number of rotatable bonds is 3. The van der Waals surface area contributed by atoms with Gasteiger partial charge in [0, 0.05) is 12.5 Å². The van der Waals surface area contributed by atoms with E-state index in [-0.39, 0.29) is 5.91 Å². The van der Waals surface area contributed by atoms with Crippen molar-refractivity contribution in [1.29, 1.82) is 0 Å². The maximum absolute atomic E-state index is 12.4. The number of para-hydroxylation sites is 1. The van der Waals surface area contributed by atoms with E-state index < -0.39 is 5.97 Å². The van der Waals surface area contributed by atoms with Crippen LogP contribution in [0.4, 0.5) is 5.69 Å². The Kier molecular flexibility index (Phi) is 3.80. The van der Waals surface area contributed by atoms with E-state index in [1.54, 1.807) is 49.4 Å². The van der Waals surface area contributed by atoms with Crippen LogP contribution in [-0.4, -0.2) is 24.0 Å². The lowest BCUT2D eigenvalue weighted by Gasteiger charge is -2.09. The predicted molar refractivity (Wildman–Crippen MR) is 84.5 cm³/mol. The molecule has 2 aromatic carbocycles. The summed E-state index contributed by atoms with van der Waals surface area (Å²) >= 11 is 0. The number of methoxy groups -OCH3 is 1. The number of anilines is 1. The molecule has 6 heteroatoms. The average Bonchev–Trinajstić information content (AvgIpc) is 2.93. The van der Waals surface area contributed by atoms with E-state index >= 15 is 0 Å². The van der Waals surface area contributed by atoms with Gasteiger partial charge in [-0.25, -0.2) is 9.78 Å². The number of hydrogen-bond acceptors (Lipinski definition) is 5. The van der Waals surface area contributed by atoms with Crippen LogP contribution < -0.4 is 5.32 Å². The first-order valence-electron chi connectivity index (χ1n) is 6.94. The van der Waals surface area contributed by atoms with E-state index in [1.165, 1.54) is 7.11 Å². The molecular weight excluding hydrogens is 296 g/mol. The van der Waals surface area contributed by atoms with Crippen molar-refractivity contribution in [2.75, 3.05) is 12.4 Å². The van der Waals surface area contributed by atoms with E-state index in [9.17, 15) is 9.59 Å². The summed E-state index contributed by atoms with van der Waals surface area (Å²) < 4.78 is 10.1. The number of fused-ring (bicyclic) bond motifs is 1. The summed E-state index contributed by atoms with van der Waals surface area (Å²) in [5.74, 6) is -0.319. The highest BCUT2D eigenvalue weighted by molar-refractivity contribution is 6.09. The van der Waals surface area contributed by atoms with Gasteiger partial charge in [0.25, 0.3) is 5.91 Å². The molecule has 116 valence electrons. The molecule has 0 saturated heterocycles. The number of aromatic nitrogens is 1. The zero-order valence-corrected chi connectivity index (χ0v) is 12.6. The van der Waals surface area contributed by atoms with Gasteiger partial charge in [-0.3, -0.25) is 4.79 Å². The van der Waals surface area contributed by atoms with Crippen LogP contribution in [-0.2, 0) is 4.74 Å². The number of aryl methyl sites for hydroxylation is 1. The largest absolute Gasteiger partial charge is 0.465 e. The maximum Gasteiger partial charge on any atom is 0.339 e. The fraction of sp³-hybridized carbons (Fsp3) is 0.118. The molecule has 1 heterocycles. The van der Waals surface area contributed by atoms with E-state index in [0.29, 0.717) is 33.8 Å². The molecule has 0 aliphatic heterocycles. The van der Waals surface area contributed by atoms with Crippen LogP contribution in [0.25, 0.3) is 11.1 Å². The number of benzene rings is 2. The fourth-order valence-corrected chi connectivity index (χ4v) is 2.26. The van der Waals surface area contributed by atoms with Gasteiger partial charge in [-0.1, -0.05) is 12.1 Å². The minimum absolute atomic E-state index is 0.293. The van der Waals surface area contributed by atoms with Gasteiger partial charge in [0.05, 0.1) is 18.4 Å². The minimum Gasteiger partial charge on any atom is -0.465 e. The van der Waals surface area contributed by atoms with E-state index in [2.05, 4.69) is 10.3 Å². The predicted octanol–water partition coefficient (Wildman–Crippen LogP) is 3.18. The fourth-order valence-electron chi connectivity index (χ4n) is 2.26. The zero-order chi connectivity index (χ0) is 16.4. The molecule has 0 spiro atoms. The van der Waals surface area contributed by atoms with Crippen molar-refractivity contribution in [3.05, 3.63) is 59.5 Å². The summed E-state index contributed by atoms with van der Waals surface area (Å²) in [6.45, 7) is 1.74. The molecule has 0 aliphatic carbocycles. The lowest BCUT2D eigenvalue weighted by molar-refractivity contribution is 0.0602. The molecule has 0 bridgehead atoms. The van der Waals surface area contributed by atoms with Crippen LogP contribution in [0, 0.1) is 6.92 Å². The summed E-state index contributed by atoms with van der Waals surface area (Å²) in [5, 5.41) is 2.72. The highest BCUT2D eigenvalue weighted by Crippen LogP contribution is 2.20. The molecule has 0 atom stereocenters. The summed E-state index contributed by atoms with van der Waals surface area (Å²) in [4.78, 5) is 28.3. The third-order valence-electron chi connectivity index (χ3n) is 3.34. The molecular formula is C17H14N2O4. The molecule has 0 aliphatic rings. The molecule has 23 heavy (non-hydrogen) atoms. The topological polar surface area (TPSA) is 81.4 Å². The Balaban J connectivity index is 1.90. The number of nitrogens with one attached hydrogen (secondary N) is 1. The van der Waals surface area contributed by atoms with Crippen LogP contribution in [0.2, 0.25) is 0 Å². The second-order valence-electron chi connectivity index (χ2n) is 4.91. The number of carbonyl (C=O) groups is 2. The standard InChI is InChI=1S/C17H14N2O4/c1-10-18-14-9-11(7-8-15(14)23-10)16(20)19-13-6-4-3-5-12(13)17(21)22-2/h3-9H,1-2H3,(H,19,20). The number of carbonyl (C=O) groups excluding carboxylic acids is 2. The molecule has 3 rings (SSSR count). The quantitative estimate of drug-likeness (QED) is 0.751. The van der Waals surface area contributed by atoms with Gasteiger partial charge >= 0.3 is 5.97 Å². The lowest BCUT2D eigenvalue weighted by atomic mass is 10.1. The number of hydrogen-bond donors (Lipinski definition) is 1. The average molecular weight is 310 g/mol. The molecule has 0 unspecified atom stereocenters. The molecule has 1 N–H and O–H groups in total. The number of esters is 1. The molecule has 1 amide bonds. The zero-order valence-electron chi connectivity index (χ0n) is 12.6. The first-order chi connectivity index (χ1) is 11.1. The minimum atomic E-state index is -0.511. The number of oxazole rings is 1. The van der Waals surface area contributed by atoms with Gasteiger partial charge < -0.3 is 14.5 Å². The van der Waals surface area contributed by atoms with Crippen molar-refractivity contribution in [2.45, 2.75) is 6.92 Å². The SMILES string of the molecule is COC(=O)c1ccccc1NC(=O)c1ccc2oc(C)nc2c1. The van der Waals surface area contributed by atoms with Crippen molar-refractivity contribution in [2.24, 2.45) is 0 Å². The van der Waals surface area contributed by atoms with Crippen LogP contribution in [0.1, 0.15) is 26.6 Å². The molecule has 6 nitrogen and oxygen atoms in total. The van der Waals surface area contributed by atoms with Crippen LogP contribution in [0.3, 0.4) is 0 Å². The van der Waals surface area contributed by atoms with Gasteiger partial charge in [0.2, 0.25) is 0 Å². The Hall–Kier alpha value is -3.15. The van der Waals surface area contributed by atoms with Gasteiger partial charge in [-0.05, 0) is 30.3 Å². The maximum atomic E-state index is 12.4. The van der Waals surface area contributed by atoms with Gasteiger partial charge in [0.15, 0.2) is 11.5 Å². The monoisotopic (exact) mass is 310 g/mol. The van der Waals surface area contributed by atoms with Crippen LogP contribution >= 0.6 is 0 Å². The van der Waals surface area contributed by atoms with E-state index in [1.807, 2.05) is 0 Å².